The van der Waals surface area contributed by atoms with Crippen LogP contribution in [0.4, 0.5) is 0 Å². The van der Waals surface area contributed by atoms with E-state index in [0.29, 0.717) is 11.6 Å². The molecule has 0 fully saturated rings. The number of amides is 1. The van der Waals surface area contributed by atoms with Gasteiger partial charge in [0.25, 0.3) is 11.5 Å². The lowest BCUT2D eigenvalue weighted by Crippen LogP contribution is -2.35. The number of carbonyl (C=O) groups excluding carboxylic acids is 1. The lowest BCUT2D eigenvalue weighted by molar-refractivity contribution is 0.0936. The van der Waals surface area contributed by atoms with Gasteiger partial charge >= 0.3 is 0 Å². The number of hydrogen-bond acceptors (Lipinski definition) is 4. The van der Waals surface area contributed by atoms with E-state index in [9.17, 15) is 9.59 Å². The van der Waals surface area contributed by atoms with Crippen LogP contribution in [0, 0.1) is 0 Å². The van der Waals surface area contributed by atoms with Gasteiger partial charge in [0.15, 0.2) is 0 Å². The van der Waals surface area contributed by atoms with E-state index in [1.165, 1.54) is 12.1 Å². The molecule has 0 radical (unpaired) electrons. The number of rotatable bonds is 5. The van der Waals surface area contributed by atoms with Crippen molar-refractivity contribution < 1.29 is 4.79 Å². The van der Waals surface area contributed by atoms with Crippen molar-refractivity contribution in [3.8, 4) is 0 Å². The van der Waals surface area contributed by atoms with Gasteiger partial charge in [-0.3, -0.25) is 9.59 Å². The predicted octanol–water partition coefficient (Wildman–Crippen LogP) is 1.46. The third-order valence-electron chi connectivity index (χ3n) is 3.26. The molecule has 1 aromatic heterocycles. The van der Waals surface area contributed by atoms with Crippen molar-refractivity contribution in [3.05, 3.63) is 63.0 Å². The van der Waals surface area contributed by atoms with Crippen LogP contribution in [0.5, 0.6) is 0 Å². The molecular weight excluding hydrogens is 304 g/mol. The smallest absolute Gasteiger partial charge is 0.271 e. The first-order chi connectivity index (χ1) is 10.5. The molecule has 0 spiro atoms. The largest absolute Gasteiger partial charge is 0.349 e. The van der Waals surface area contributed by atoms with Crippen molar-refractivity contribution in [2.24, 2.45) is 0 Å². The number of halogens is 1. The Morgan fingerprint density at radius 2 is 2.05 bits per heavy atom. The molecule has 2 aromatic rings. The van der Waals surface area contributed by atoms with Crippen LogP contribution in [0.1, 0.15) is 22.1 Å². The highest BCUT2D eigenvalue weighted by Gasteiger charge is 2.18. The lowest BCUT2D eigenvalue weighted by atomic mass is 10.1. The standard InChI is InChI=1S/C15H17ClN4O2/c1-20(2)13(10-5-3-4-6-11(10)16)9-17-15(22)12-7-8-14(21)19-18-12/h3-8,13H,9H2,1-2H3,(H,17,22)(H,19,21)/t13-/m1/s1. The van der Waals surface area contributed by atoms with Crippen LogP contribution in [0.15, 0.2) is 41.2 Å². The van der Waals surface area contributed by atoms with E-state index in [1.807, 2.05) is 43.3 Å². The fraction of sp³-hybridized carbons (Fsp3) is 0.267. The van der Waals surface area contributed by atoms with Gasteiger partial charge in [-0.1, -0.05) is 29.8 Å². The molecule has 0 saturated carbocycles. The molecule has 1 amide bonds. The van der Waals surface area contributed by atoms with Crippen LogP contribution in [0.2, 0.25) is 5.02 Å². The van der Waals surface area contributed by atoms with E-state index in [0.717, 1.165) is 5.56 Å². The summed E-state index contributed by atoms with van der Waals surface area (Å²) in [5, 5.41) is 9.39. The summed E-state index contributed by atoms with van der Waals surface area (Å²) in [7, 11) is 3.83. The fourth-order valence-electron chi connectivity index (χ4n) is 2.07. The van der Waals surface area contributed by atoms with Crippen molar-refractivity contribution in [2.45, 2.75) is 6.04 Å². The Hall–Kier alpha value is -2.18. The molecule has 1 heterocycles. The molecule has 2 N–H and O–H groups in total. The quantitative estimate of drug-likeness (QED) is 0.874. The normalized spacial score (nSPS) is 12.2. The van der Waals surface area contributed by atoms with Gasteiger partial charge in [0.1, 0.15) is 5.69 Å². The minimum Gasteiger partial charge on any atom is -0.349 e. The fourth-order valence-corrected chi connectivity index (χ4v) is 2.33. The number of benzene rings is 1. The van der Waals surface area contributed by atoms with Crippen molar-refractivity contribution >= 4 is 17.5 Å². The number of nitrogens with one attached hydrogen (secondary N) is 2. The monoisotopic (exact) mass is 320 g/mol. The minimum atomic E-state index is -0.352. The van der Waals surface area contributed by atoms with Gasteiger partial charge in [0.05, 0.1) is 6.04 Å². The maximum Gasteiger partial charge on any atom is 0.271 e. The average molecular weight is 321 g/mol. The highest BCUT2D eigenvalue weighted by molar-refractivity contribution is 6.31. The van der Waals surface area contributed by atoms with Crippen LogP contribution in [-0.2, 0) is 0 Å². The Kier molecular flexibility index (Phi) is 5.30. The van der Waals surface area contributed by atoms with Crippen LogP contribution in [-0.4, -0.2) is 41.6 Å². The molecule has 1 aromatic carbocycles. The molecular formula is C15H17ClN4O2. The van der Waals surface area contributed by atoms with Crippen molar-refractivity contribution in [1.29, 1.82) is 0 Å². The van der Waals surface area contributed by atoms with E-state index >= 15 is 0 Å². The maximum atomic E-state index is 12.1. The molecule has 0 unspecified atom stereocenters. The summed E-state index contributed by atoms with van der Waals surface area (Å²) in [5.74, 6) is -0.352. The molecule has 0 aliphatic carbocycles. The molecule has 0 aliphatic heterocycles. The summed E-state index contributed by atoms with van der Waals surface area (Å²) < 4.78 is 0. The number of likely N-dealkylation sites (N-methyl/N-ethyl adjacent to an activating group) is 1. The zero-order chi connectivity index (χ0) is 16.1. The van der Waals surface area contributed by atoms with Gasteiger partial charge in [0.2, 0.25) is 0 Å². The Bertz CT molecular complexity index is 694. The second-order valence-electron chi connectivity index (χ2n) is 5.02. The second-order valence-corrected chi connectivity index (χ2v) is 5.42. The maximum absolute atomic E-state index is 12.1. The minimum absolute atomic E-state index is 0.0691. The predicted molar refractivity (Wildman–Crippen MR) is 85.1 cm³/mol. The molecule has 6 nitrogen and oxygen atoms in total. The number of carbonyl (C=O) groups is 1. The summed E-state index contributed by atoms with van der Waals surface area (Å²) >= 11 is 6.22. The Labute approximate surface area is 133 Å². The zero-order valence-corrected chi connectivity index (χ0v) is 13.1. The zero-order valence-electron chi connectivity index (χ0n) is 12.3. The van der Waals surface area contributed by atoms with E-state index in [2.05, 4.69) is 15.5 Å². The molecule has 1 atom stereocenters. The van der Waals surface area contributed by atoms with Crippen molar-refractivity contribution in [3.63, 3.8) is 0 Å². The molecule has 0 bridgehead atoms. The Morgan fingerprint density at radius 1 is 1.32 bits per heavy atom. The molecule has 0 aliphatic rings. The number of H-pyrrole nitrogens is 1. The summed E-state index contributed by atoms with van der Waals surface area (Å²) in [6.45, 7) is 0.371. The van der Waals surface area contributed by atoms with E-state index in [-0.39, 0.29) is 23.2 Å². The topological polar surface area (TPSA) is 78.1 Å². The molecule has 7 heteroatoms. The molecule has 2 rings (SSSR count). The Balaban J connectivity index is 2.10. The molecule has 116 valence electrons. The highest BCUT2D eigenvalue weighted by Crippen LogP contribution is 2.25. The third kappa shape index (κ3) is 3.93. The third-order valence-corrected chi connectivity index (χ3v) is 3.60. The lowest BCUT2D eigenvalue weighted by Gasteiger charge is -2.25. The summed E-state index contributed by atoms with van der Waals surface area (Å²) in [5.41, 5.74) is 0.749. The number of aromatic nitrogens is 2. The first-order valence-corrected chi connectivity index (χ1v) is 7.11. The summed E-state index contributed by atoms with van der Waals surface area (Å²) in [4.78, 5) is 25.0. The van der Waals surface area contributed by atoms with Gasteiger partial charge in [-0.2, -0.15) is 5.10 Å². The number of nitrogens with zero attached hydrogens (tertiary/aromatic N) is 2. The van der Waals surface area contributed by atoms with E-state index in [1.54, 1.807) is 0 Å². The van der Waals surface area contributed by atoms with Gasteiger partial charge in [-0.15, -0.1) is 0 Å². The van der Waals surface area contributed by atoms with Gasteiger partial charge in [0, 0.05) is 17.6 Å². The van der Waals surface area contributed by atoms with Crippen molar-refractivity contribution in [2.75, 3.05) is 20.6 Å². The summed E-state index contributed by atoms with van der Waals surface area (Å²) in [6, 6.07) is 10.1. The second kappa shape index (κ2) is 7.20. The van der Waals surface area contributed by atoms with Crippen LogP contribution in [0.3, 0.4) is 0 Å². The molecule has 22 heavy (non-hydrogen) atoms. The first kappa shape index (κ1) is 16.2. The number of aromatic amines is 1. The van der Waals surface area contributed by atoms with Crippen LogP contribution < -0.4 is 10.9 Å². The average Bonchev–Trinajstić information content (AvgIpc) is 2.49. The first-order valence-electron chi connectivity index (χ1n) is 6.74. The van der Waals surface area contributed by atoms with Crippen LogP contribution >= 0.6 is 11.6 Å². The molecule has 0 saturated heterocycles. The van der Waals surface area contributed by atoms with Crippen LogP contribution in [0.25, 0.3) is 0 Å². The van der Waals surface area contributed by atoms with Gasteiger partial charge in [-0.25, -0.2) is 5.10 Å². The summed E-state index contributed by atoms with van der Waals surface area (Å²) in [6.07, 6.45) is 0. The number of hydrogen-bond donors (Lipinski definition) is 2. The Morgan fingerprint density at radius 3 is 2.64 bits per heavy atom. The van der Waals surface area contributed by atoms with Gasteiger partial charge in [-0.05, 0) is 31.8 Å². The van der Waals surface area contributed by atoms with E-state index < -0.39 is 0 Å². The van der Waals surface area contributed by atoms with Crippen molar-refractivity contribution in [1.82, 2.24) is 20.4 Å². The SMILES string of the molecule is CN(C)[C@H](CNC(=O)c1ccc(=O)[nH]n1)c1ccccc1Cl. The van der Waals surface area contributed by atoms with Gasteiger partial charge < -0.3 is 10.2 Å². The van der Waals surface area contributed by atoms with E-state index in [4.69, 9.17) is 11.6 Å². The highest BCUT2D eigenvalue weighted by atomic mass is 35.5.